The molecule has 0 atom stereocenters. The second-order valence-electron chi connectivity index (χ2n) is 5.67. The zero-order valence-corrected chi connectivity index (χ0v) is 13.3. The lowest BCUT2D eigenvalue weighted by molar-refractivity contribution is 0.475. The van der Waals surface area contributed by atoms with Crippen LogP contribution in [0.3, 0.4) is 0 Å². The molecule has 1 aliphatic rings. The minimum atomic E-state index is 0.893. The van der Waals surface area contributed by atoms with Gasteiger partial charge in [0, 0.05) is 10.8 Å². The fraction of sp³-hybridized carbons (Fsp3) is 0.0909. The van der Waals surface area contributed by atoms with Gasteiger partial charge in [-0.1, -0.05) is 72.8 Å². The van der Waals surface area contributed by atoms with E-state index in [4.69, 9.17) is 4.74 Å². The lowest BCUT2D eigenvalue weighted by atomic mass is 10.1. The molecular formula is C22H18O2. The van der Waals surface area contributed by atoms with Gasteiger partial charge >= 0.3 is 0 Å². The molecule has 24 heavy (non-hydrogen) atoms. The van der Waals surface area contributed by atoms with E-state index in [2.05, 4.69) is 41.1 Å². The molecule has 1 fully saturated rings. The Kier molecular flexibility index (Phi) is 4.13. The van der Waals surface area contributed by atoms with Crippen LogP contribution < -0.4 is 4.74 Å². The molecule has 0 N–H and O–H groups in total. The zero-order valence-electron chi connectivity index (χ0n) is 13.3. The third-order valence-corrected chi connectivity index (χ3v) is 3.92. The summed E-state index contributed by atoms with van der Waals surface area (Å²) in [4.78, 5) is 0. The van der Waals surface area contributed by atoms with Crippen LogP contribution in [0.4, 0.5) is 0 Å². The average molecular weight is 314 g/mol. The van der Waals surface area contributed by atoms with Crippen molar-refractivity contribution in [1.82, 2.24) is 0 Å². The number of fused-ring (bicyclic) bond motifs is 2. The van der Waals surface area contributed by atoms with Crippen molar-refractivity contribution >= 4 is 21.5 Å². The van der Waals surface area contributed by atoms with E-state index in [-0.39, 0.29) is 0 Å². The number of benzene rings is 4. The molecule has 4 aromatic carbocycles. The van der Waals surface area contributed by atoms with Crippen LogP contribution in [-0.2, 0) is 4.74 Å². The molecule has 1 saturated heterocycles. The molecule has 0 bridgehead atoms. The monoisotopic (exact) mass is 314 g/mol. The van der Waals surface area contributed by atoms with Crippen molar-refractivity contribution in [2.45, 2.75) is 0 Å². The second kappa shape index (κ2) is 6.73. The van der Waals surface area contributed by atoms with Crippen molar-refractivity contribution in [2.24, 2.45) is 0 Å². The van der Waals surface area contributed by atoms with Crippen molar-refractivity contribution in [1.29, 1.82) is 0 Å². The number of hydrogen-bond donors (Lipinski definition) is 0. The normalized spacial score (nSPS) is 12.5. The van der Waals surface area contributed by atoms with Crippen LogP contribution >= 0.6 is 0 Å². The van der Waals surface area contributed by atoms with Gasteiger partial charge in [-0.25, -0.2) is 0 Å². The SMILES string of the molecule is C1CO1.c1ccc2c(Oc3cccc4ccccc34)cccc2c1. The van der Waals surface area contributed by atoms with Gasteiger partial charge in [-0.2, -0.15) is 0 Å². The molecule has 4 aromatic rings. The molecule has 0 aliphatic carbocycles. The molecule has 0 spiro atoms. The molecule has 2 heteroatoms. The fourth-order valence-electron chi connectivity index (χ4n) is 2.69. The quantitative estimate of drug-likeness (QED) is 0.436. The molecule has 5 rings (SSSR count). The highest BCUT2D eigenvalue weighted by Crippen LogP contribution is 2.33. The van der Waals surface area contributed by atoms with E-state index in [1.165, 1.54) is 10.8 Å². The Balaban J connectivity index is 0.000000440. The van der Waals surface area contributed by atoms with Crippen LogP contribution in [-0.4, -0.2) is 13.2 Å². The van der Waals surface area contributed by atoms with E-state index in [0.29, 0.717) is 0 Å². The van der Waals surface area contributed by atoms with Crippen LogP contribution in [0.15, 0.2) is 84.9 Å². The Morgan fingerprint density at radius 3 is 1.42 bits per heavy atom. The highest BCUT2D eigenvalue weighted by molar-refractivity contribution is 5.91. The van der Waals surface area contributed by atoms with Crippen LogP contribution in [0, 0.1) is 0 Å². The summed E-state index contributed by atoms with van der Waals surface area (Å²) in [5.74, 6) is 1.79. The predicted molar refractivity (Wildman–Crippen MR) is 98.8 cm³/mol. The van der Waals surface area contributed by atoms with E-state index in [1.807, 2.05) is 48.5 Å². The molecule has 0 amide bonds. The van der Waals surface area contributed by atoms with Crippen molar-refractivity contribution in [3.63, 3.8) is 0 Å². The molecule has 1 heterocycles. The zero-order chi connectivity index (χ0) is 16.2. The Hall–Kier alpha value is -2.84. The summed E-state index contributed by atoms with van der Waals surface area (Å²) < 4.78 is 10.7. The van der Waals surface area contributed by atoms with Crippen molar-refractivity contribution < 1.29 is 9.47 Å². The van der Waals surface area contributed by atoms with Gasteiger partial charge in [-0.05, 0) is 22.9 Å². The minimum absolute atomic E-state index is 0.893. The first-order valence-electron chi connectivity index (χ1n) is 8.13. The summed E-state index contributed by atoms with van der Waals surface area (Å²) in [6.45, 7) is 2.00. The van der Waals surface area contributed by atoms with Gasteiger partial charge in [0.1, 0.15) is 11.5 Å². The van der Waals surface area contributed by atoms with Gasteiger partial charge in [0.2, 0.25) is 0 Å². The summed E-state index contributed by atoms with van der Waals surface area (Å²) in [7, 11) is 0. The largest absolute Gasteiger partial charge is 0.456 e. The molecule has 118 valence electrons. The summed E-state index contributed by atoms with van der Waals surface area (Å²) in [5, 5.41) is 4.64. The predicted octanol–water partition coefficient (Wildman–Crippen LogP) is 5.80. The van der Waals surface area contributed by atoms with Crippen LogP contribution in [0.2, 0.25) is 0 Å². The lowest BCUT2D eigenvalue weighted by Gasteiger charge is -2.11. The Bertz CT molecular complexity index is 883. The molecule has 1 aliphatic heterocycles. The Morgan fingerprint density at radius 2 is 0.958 bits per heavy atom. The minimum Gasteiger partial charge on any atom is -0.456 e. The first-order valence-corrected chi connectivity index (χ1v) is 8.13. The van der Waals surface area contributed by atoms with Gasteiger partial charge in [0.15, 0.2) is 0 Å². The molecule has 0 aromatic heterocycles. The fourth-order valence-corrected chi connectivity index (χ4v) is 2.69. The smallest absolute Gasteiger partial charge is 0.135 e. The van der Waals surface area contributed by atoms with E-state index in [0.717, 1.165) is 35.5 Å². The number of epoxide rings is 1. The maximum Gasteiger partial charge on any atom is 0.135 e. The highest BCUT2D eigenvalue weighted by Gasteiger charge is 2.05. The van der Waals surface area contributed by atoms with Crippen molar-refractivity contribution in [2.75, 3.05) is 13.2 Å². The molecule has 2 nitrogen and oxygen atoms in total. The van der Waals surface area contributed by atoms with Gasteiger partial charge in [-0.3, -0.25) is 0 Å². The number of hydrogen-bond acceptors (Lipinski definition) is 2. The van der Waals surface area contributed by atoms with Crippen LogP contribution in [0.1, 0.15) is 0 Å². The summed E-state index contributed by atoms with van der Waals surface area (Å²) in [6, 6.07) is 28.9. The van der Waals surface area contributed by atoms with Gasteiger partial charge in [0.25, 0.3) is 0 Å². The maximum absolute atomic E-state index is 6.20. The Labute approximate surface area is 141 Å². The molecule has 0 unspecified atom stereocenters. The summed E-state index contributed by atoms with van der Waals surface area (Å²) in [6.07, 6.45) is 0. The van der Waals surface area contributed by atoms with Crippen molar-refractivity contribution in [3.8, 4) is 11.5 Å². The van der Waals surface area contributed by atoms with Crippen molar-refractivity contribution in [3.05, 3.63) is 84.9 Å². The van der Waals surface area contributed by atoms with Gasteiger partial charge < -0.3 is 9.47 Å². The van der Waals surface area contributed by atoms with E-state index in [9.17, 15) is 0 Å². The summed E-state index contributed by atoms with van der Waals surface area (Å²) >= 11 is 0. The molecular weight excluding hydrogens is 296 g/mol. The molecule has 0 radical (unpaired) electrons. The van der Waals surface area contributed by atoms with Crippen LogP contribution in [0.5, 0.6) is 11.5 Å². The van der Waals surface area contributed by atoms with Gasteiger partial charge in [0.05, 0.1) is 13.2 Å². The topological polar surface area (TPSA) is 21.8 Å². The first-order chi connectivity index (χ1) is 11.9. The number of ether oxygens (including phenoxy) is 2. The average Bonchev–Trinajstić information content (AvgIpc) is 3.52. The van der Waals surface area contributed by atoms with Crippen LogP contribution in [0.25, 0.3) is 21.5 Å². The van der Waals surface area contributed by atoms with Gasteiger partial charge in [-0.15, -0.1) is 0 Å². The van der Waals surface area contributed by atoms with E-state index >= 15 is 0 Å². The Morgan fingerprint density at radius 1 is 0.542 bits per heavy atom. The first kappa shape index (κ1) is 14.7. The third-order valence-electron chi connectivity index (χ3n) is 3.92. The molecule has 0 saturated carbocycles. The van der Waals surface area contributed by atoms with E-state index < -0.39 is 0 Å². The number of rotatable bonds is 2. The highest BCUT2D eigenvalue weighted by atomic mass is 16.6. The van der Waals surface area contributed by atoms with E-state index in [1.54, 1.807) is 0 Å². The third kappa shape index (κ3) is 3.24. The maximum atomic E-state index is 6.20. The summed E-state index contributed by atoms with van der Waals surface area (Å²) in [5.41, 5.74) is 0. The standard InChI is InChI=1S/C20H14O.C2H4O/c1-3-11-17-15(7-1)9-5-13-19(17)21-20-14-6-10-16-8-2-4-12-18(16)20;1-2-3-1/h1-14H;1-2H2. The second-order valence-corrected chi connectivity index (χ2v) is 5.67. The lowest BCUT2D eigenvalue weighted by Crippen LogP contribution is -1.87.